The third-order valence-electron chi connectivity index (χ3n) is 2.46. The number of hydrogen-bond donors (Lipinski definition) is 3. The van der Waals surface area contributed by atoms with Gasteiger partial charge >= 0.3 is 0 Å². The molecule has 0 bridgehead atoms. The second kappa shape index (κ2) is 6.00. The number of sulfonamides is 1. The highest BCUT2D eigenvalue weighted by atomic mass is 32.2. The summed E-state index contributed by atoms with van der Waals surface area (Å²) in [4.78, 5) is 0.0937. The minimum absolute atomic E-state index is 0.0937. The molecule has 0 saturated carbocycles. The molecule has 4 N–H and O–H groups in total. The zero-order valence-electron chi connectivity index (χ0n) is 9.76. The number of para-hydroxylation sites is 1. The molecule has 0 spiro atoms. The van der Waals surface area contributed by atoms with Gasteiger partial charge in [-0.3, -0.25) is 0 Å². The lowest BCUT2D eigenvalue weighted by molar-refractivity contribution is 0.266. The number of rotatable bonds is 6. The molecule has 96 valence electrons. The van der Waals surface area contributed by atoms with E-state index in [4.69, 9.17) is 10.2 Å². The molecule has 0 aliphatic heterocycles. The lowest BCUT2D eigenvalue weighted by atomic mass is 10.1. The third kappa shape index (κ3) is 4.33. The summed E-state index contributed by atoms with van der Waals surface area (Å²) in [6, 6.07) is 6.51. The molecule has 0 heterocycles. The van der Waals surface area contributed by atoms with Crippen LogP contribution in [0.4, 0.5) is 5.69 Å². The van der Waals surface area contributed by atoms with E-state index in [9.17, 15) is 8.42 Å². The van der Waals surface area contributed by atoms with Crippen molar-refractivity contribution >= 4 is 15.7 Å². The number of nitrogens with one attached hydrogen (secondary N) is 1. The summed E-state index contributed by atoms with van der Waals surface area (Å²) in [5.74, 6) is 0.258. The number of hydrogen-bond acceptors (Lipinski definition) is 4. The molecule has 0 fully saturated rings. The topological polar surface area (TPSA) is 92.4 Å². The Labute approximate surface area is 102 Å². The lowest BCUT2D eigenvalue weighted by Gasteiger charge is -2.14. The molecular weight excluding hydrogens is 240 g/mol. The van der Waals surface area contributed by atoms with Crippen LogP contribution in [-0.4, -0.2) is 26.7 Å². The fourth-order valence-corrected chi connectivity index (χ4v) is 2.18. The summed E-state index contributed by atoms with van der Waals surface area (Å²) < 4.78 is 22.6. The van der Waals surface area contributed by atoms with Crippen LogP contribution in [-0.2, 0) is 10.0 Å². The summed E-state index contributed by atoms with van der Waals surface area (Å²) in [5.41, 5.74) is 0.500. The quantitative estimate of drug-likeness (QED) is 0.702. The number of nitrogens with two attached hydrogens (primary N) is 1. The van der Waals surface area contributed by atoms with Crippen LogP contribution in [0.3, 0.4) is 0 Å². The normalized spacial score (nSPS) is 13.4. The second-order valence-corrected chi connectivity index (χ2v) is 5.57. The van der Waals surface area contributed by atoms with Crippen molar-refractivity contribution in [2.45, 2.75) is 18.2 Å². The summed E-state index contributed by atoms with van der Waals surface area (Å²) in [7, 11) is -3.71. The van der Waals surface area contributed by atoms with Crippen molar-refractivity contribution < 1.29 is 13.5 Å². The van der Waals surface area contributed by atoms with E-state index in [1.807, 2.05) is 6.92 Å². The van der Waals surface area contributed by atoms with Crippen LogP contribution in [0.25, 0.3) is 0 Å². The molecule has 0 aromatic heterocycles. The number of aliphatic hydroxyl groups is 1. The molecule has 1 rings (SSSR count). The van der Waals surface area contributed by atoms with Crippen molar-refractivity contribution in [2.75, 3.05) is 18.5 Å². The predicted octanol–water partition coefficient (Wildman–Crippen LogP) is 0.764. The van der Waals surface area contributed by atoms with Gasteiger partial charge in [0.15, 0.2) is 0 Å². The van der Waals surface area contributed by atoms with E-state index < -0.39 is 10.0 Å². The van der Waals surface area contributed by atoms with Crippen LogP contribution < -0.4 is 10.5 Å². The average molecular weight is 258 g/mol. The number of aliphatic hydroxyl groups excluding tert-OH is 1. The smallest absolute Gasteiger partial charge is 0.240 e. The second-order valence-electron chi connectivity index (χ2n) is 4.04. The molecule has 5 nitrogen and oxygen atoms in total. The van der Waals surface area contributed by atoms with Crippen molar-refractivity contribution in [1.29, 1.82) is 0 Å². The Morgan fingerprint density at radius 2 is 2.06 bits per heavy atom. The highest BCUT2D eigenvalue weighted by Gasteiger charge is 2.13. The van der Waals surface area contributed by atoms with Gasteiger partial charge in [0.2, 0.25) is 10.0 Å². The largest absolute Gasteiger partial charge is 0.396 e. The standard InChI is InChI=1S/C11H18N2O3S/c1-9(6-7-14)8-13-10-4-2-3-5-11(10)17(12,15)16/h2-5,9,13-14H,6-8H2,1H3,(H2,12,15,16). The van der Waals surface area contributed by atoms with Crippen molar-refractivity contribution in [3.05, 3.63) is 24.3 Å². The van der Waals surface area contributed by atoms with Crippen molar-refractivity contribution in [3.63, 3.8) is 0 Å². The third-order valence-corrected chi connectivity index (χ3v) is 3.43. The molecular formula is C11H18N2O3S. The first-order chi connectivity index (χ1) is 7.95. The number of anilines is 1. The van der Waals surface area contributed by atoms with Gasteiger partial charge in [0.05, 0.1) is 5.69 Å². The molecule has 0 amide bonds. The maximum Gasteiger partial charge on any atom is 0.240 e. The highest BCUT2D eigenvalue weighted by molar-refractivity contribution is 7.89. The van der Waals surface area contributed by atoms with E-state index in [-0.39, 0.29) is 17.4 Å². The summed E-state index contributed by atoms with van der Waals surface area (Å²) >= 11 is 0. The molecule has 17 heavy (non-hydrogen) atoms. The molecule has 0 saturated heterocycles. The summed E-state index contributed by atoms with van der Waals surface area (Å²) in [6.45, 7) is 2.69. The maximum absolute atomic E-state index is 11.3. The van der Waals surface area contributed by atoms with Gasteiger partial charge in [-0.1, -0.05) is 19.1 Å². The molecule has 6 heteroatoms. The maximum atomic E-state index is 11.3. The molecule has 1 unspecified atom stereocenters. The van der Waals surface area contributed by atoms with Gasteiger partial charge < -0.3 is 10.4 Å². The van der Waals surface area contributed by atoms with E-state index >= 15 is 0 Å². The Morgan fingerprint density at radius 3 is 2.65 bits per heavy atom. The summed E-state index contributed by atoms with van der Waals surface area (Å²) in [6.07, 6.45) is 0.671. The zero-order chi connectivity index (χ0) is 12.9. The first kappa shape index (κ1) is 14.0. The first-order valence-electron chi connectivity index (χ1n) is 5.41. The average Bonchev–Trinajstić information content (AvgIpc) is 2.26. The Morgan fingerprint density at radius 1 is 1.41 bits per heavy atom. The van der Waals surface area contributed by atoms with Gasteiger partial charge in [0.1, 0.15) is 4.90 Å². The van der Waals surface area contributed by atoms with Gasteiger partial charge in [-0.25, -0.2) is 13.6 Å². The molecule has 0 aliphatic carbocycles. The van der Waals surface area contributed by atoms with Gasteiger partial charge in [0, 0.05) is 13.2 Å². The van der Waals surface area contributed by atoms with Crippen LogP contribution in [0.5, 0.6) is 0 Å². The molecule has 0 radical (unpaired) electrons. The molecule has 1 aromatic rings. The van der Waals surface area contributed by atoms with Crippen molar-refractivity contribution in [3.8, 4) is 0 Å². The van der Waals surface area contributed by atoms with Crippen LogP contribution >= 0.6 is 0 Å². The Balaban J connectivity index is 2.78. The lowest BCUT2D eigenvalue weighted by Crippen LogP contribution is -2.18. The van der Waals surface area contributed by atoms with Crippen LogP contribution in [0, 0.1) is 5.92 Å². The van der Waals surface area contributed by atoms with E-state index in [1.165, 1.54) is 6.07 Å². The highest BCUT2D eigenvalue weighted by Crippen LogP contribution is 2.19. The Bertz CT molecular complexity index is 460. The minimum Gasteiger partial charge on any atom is -0.396 e. The number of benzene rings is 1. The van der Waals surface area contributed by atoms with Crippen LogP contribution in [0.15, 0.2) is 29.2 Å². The van der Waals surface area contributed by atoms with Crippen LogP contribution in [0.1, 0.15) is 13.3 Å². The van der Waals surface area contributed by atoms with Crippen molar-refractivity contribution in [2.24, 2.45) is 11.1 Å². The number of primary sulfonamides is 1. The monoisotopic (exact) mass is 258 g/mol. The molecule has 0 aliphatic rings. The predicted molar refractivity (Wildman–Crippen MR) is 67.2 cm³/mol. The zero-order valence-corrected chi connectivity index (χ0v) is 10.6. The Kier molecular flexibility index (Phi) is 4.92. The van der Waals surface area contributed by atoms with Gasteiger partial charge in [0.25, 0.3) is 0 Å². The van der Waals surface area contributed by atoms with Gasteiger partial charge in [-0.05, 0) is 24.5 Å². The first-order valence-corrected chi connectivity index (χ1v) is 6.96. The van der Waals surface area contributed by atoms with Gasteiger partial charge in [-0.15, -0.1) is 0 Å². The van der Waals surface area contributed by atoms with Gasteiger partial charge in [-0.2, -0.15) is 0 Å². The van der Waals surface area contributed by atoms with Crippen molar-refractivity contribution in [1.82, 2.24) is 0 Å². The van der Waals surface area contributed by atoms with E-state index in [1.54, 1.807) is 18.2 Å². The molecule has 1 aromatic carbocycles. The Hall–Kier alpha value is -1.11. The van der Waals surface area contributed by atoms with E-state index in [0.29, 0.717) is 18.7 Å². The SMILES string of the molecule is CC(CCO)CNc1ccccc1S(N)(=O)=O. The summed E-state index contributed by atoms with van der Waals surface area (Å²) in [5, 5.41) is 16.9. The van der Waals surface area contributed by atoms with Crippen LogP contribution in [0.2, 0.25) is 0 Å². The minimum atomic E-state index is -3.71. The van der Waals surface area contributed by atoms with E-state index in [2.05, 4.69) is 5.32 Å². The fourth-order valence-electron chi connectivity index (χ4n) is 1.47. The fraction of sp³-hybridized carbons (Fsp3) is 0.455. The van der Waals surface area contributed by atoms with E-state index in [0.717, 1.165) is 0 Å². The molecule has 1 atom stereocenters.